The van der Waals surface area contributed by atoms with Crippen LogP contribution >= 0.6 is 0 Å². The van der Waals surface area contributed by atoms with Crippen molar-refractivity contribution >= 4 is 12.0 Å². The van der Waals surface area contributed by atoms with Gasteiger partial charge in [0, 0.05) is 11.1 Å². The number of furan rings is 1. The third-order valence-corrected chi connectivity index (χ3v) is 4.07. The van der Waals surface area contributed by atoms with Crippen LogP contribution in [0.2, 0.25) is 0 Å². The second-order valence-electron chi connectivity index (χ2n) is 5.97. The number of anilines is 1. The number of carbonyl (C=O) groups excluding carboxylic acids is 1. The van der Waals surface area contributed by atoms with E-state index in [1.165, 1.54) is 0 Å². The molecule has 0 aliphatic heterocycles. The second-order valence-corrected chi connectivity index (χ2v) is 5.97. The third-order valence-electron chi connectivity index (χ3n) is 4.07. The summed E-state index contributed by atoms with van der Waals surface area (Å²) in [7, 11) is 0. The largest absolute Gasteiger partial charge is 0.449 e. The minimum absolute atomic E-state index is 0.0942. The molecule has 1 amide bonds. The first-order valence-electron chi connectivity index (χ1n) is 8.86. The Bertz CT molecular complexity index is 941. The summed E-state index contributed by atoms with van der Waals surface area (Å²) in [4.78, 5) is 12.0. The number of carbonyl (C=O) groups is 1. The highest BCUT2D eigenvalue weighted by Crippen LogP contribution is 2.41. The van der Waals surface area contributed by atoms with Crippen LogP contribution in [0.3, 0.4) is 0 Å². The molecule has 27 heavy (non-hydrogen) atoms. The van der Waals surface area contributed by atoms with Gasteiger partial charge in [-0.1, -0.05) is 74.0 Å². The van der Waals surface area contributed by atoms with E-state index in [-0.39, 0.29) is 11.4 Å². The Kier molecular flexibility index (Phi) is 5.91. The number of benzene rings is 2. The van der Waals surface area contributed by atoms with Gasteiger partial charge in [-0.2, -0.15) is 5.26 Å². The SMILES string of the molecule is CCCCOC(=O)Nc1oc(-c2ccccc2)c(-c2ccccc2)c1C#N. The number of nitriles is 1. The van der Waals surface area contributed by atoms with E-state index >= 15 is 0 Å². The summed E-state index contributed by atoms with van der Waals surface area (Å²) in [6.45, 7) is 2.34. The van der Waals surface area contributed by atoms with Crippen LogP contribution in [0.25, 0.3) is 22.5 Å². The van der Waals surface area contributed by atoms with Gasteiger partial charge < -0.3 is 9.15 Å². The summed E-state index contributed by atoms with van der Waals surface area (Å²) in [5, 5.41) is 12.3. The molecule has 1 N–H and O–H groups in total. The molecule has 1 heterocycles. The van der Waals surface area contributed by atoms with Crippen molar-refractivity contribution in [3.63, 3.8) is 0 Å². The standard InChI is InChI=1S/C22H20N2O3/c1-2-3-14-26-22(25)24-21-18(15-23)19(16-10-6-4-7-11-16)20(27-21)17-12-8-5-9-13-17/h4-13H,2-3,14H2,1H3,(H,24,25). The van der Waals surface area contributed by atoms with Gasteiger partial charge >= 0.3 is 6.09 Å². The molecule has 5 nitrogen and oxygen atoms in total. The Morgan fingerprint density at radius 1 is 1.07 bits per heavy atom. The van der Waals surface area contributed by atoms with Crippen LogP contribution in [0.15, 0.2) is 65.1 Å². The van der Waals surface area contributed by atoms with E-state index in [2.05, 4.69) is 11.4 Å². The summed E-state index contributed by atoms with van der Waals surface area (Å²) >= 11 is 0. The molecule has 0 saturated heterocycles. The van der Waals surface area contributed by atoms with E-state index < -0.39 is 6.09 Å². The number of amides is 1. The van der Waals surface area contributed by atoms with E-state index in [0.29, 0.717) is 17.9 Å². The van der Waals surface area contributed by atoms with Crippen molar-refractivity contribution < 1.29 is 13.9 Å². The lowest BCUT2D eigenvalue weighted by atomic mass is 9.98. The molecule has 2 aromatic carbocycles. The third kappa shape index (κ3) is 4.18. The lowest BCUT2D eigenvalue weighted by Gasteiger charge is -2.04. The summed E-state index contributed by atoms with van der Waals surface area (Å²) in [6.07, 6.45) is 1.07. The highest BCUT2D eigenvalue weighted by atomic mass is 16.5. The normalized spacial score (nSPS) is 10.2. The van der Waals surface area contributed by atoms with Crippen molar-refractivity contribution in [2.24, 2.45) is 0 Å². The Morgan fingerprint density at radius 3 is 2.30 bits per heavy atom. The van der Waals surface area contributed by atoms with Gasteiger partial charge in [-0.3, -0.25) is 5.32 Å². The Balaban J connectivity index is 2.04. The molecule has 136 valence electrons. The van der Waals surface area contributed by atoms with Crippen molar-refractivity contribution in [3.05, 3.63) is 66.2 Å². The molecule has 0 bridgehead atoms. The molecule has 3 aromatic rings. The number of nitrogens with one attached hydrogen (secondary N) is 1. The van der Waals surface area contributed by atoms with Gasteiger partial charge in [0.05, 0.1) is 6.61 Å². The van der Waals surface area contributed by atoms with E-state index in [4.69, 9.17) is 9.15 Å². The Morgan fingerprint density at radius 2 is 1.70 bits per heavy atom. The quantitative estimate of drug-likeness (QED) is 0.561. The maximum atomic E-state index is 12.0. The zero-order valence-electron chi connectivity index (χ0n) is 15.1. The van der Waals surface area contributed by atoms with Gasteiger partial charge in [-0.15, -0.1) is 0 Å². The first kappa shape index (κ1) is 18.3. The number of hydrogen-bond donors (Lipinski definition) is 1. The monoisotopic (exact) mass is 360 g/mol. The molecule has 0 atom stereocenters. The van der Waals surface area contributed by atoms with E-state index in [1.807, 2.05) is 67.6 Å². The highest BCUT2D eigenvalue weighted by Gasteiger charge is 2.24. The zero-order valence-corrected chi connectivity index (χ0v) is 15.1. The molecule has 3 rings (SSSR count). The fourth-order valence-corrected chi connectivity index (χ4v) is 2.74. The van der Waals surface area contributed by atoms with Gasteiger partial charge in [0.15, 0.2) is 0 Å². The minimum Gasteiger partial charge on any atom is -0.449 e. The van der Waals surface area contributed by atoms with Gasteiger partial charge in [0.25, 0.3) is 0 Å². The van der Waals surface area contributed by atoms with Crippen LogP contribution in [0.1, 0.15) is 25.3 Å². The molecule has 0 fully saturated rings. The maximum absolute atomic E-state index is 12.0. The predicted octanol–water partition coefficient (Wildman–Crippen LogP) is 5.83. The number of nitrogens with zero attached hydrogens (tertiary/aromatic N) is 1. The van der Waals surface area contributed by atoms with E-state index in [9.17, 15) is 10.1 Å². The van der Waals surface area contributed by atoms with E-state index in [1.54, 1.807) is 0 Å². The average molecular weight is 360 g/mol. The molecule has 5 heteroatoms. The average Bonchev–Trinajstić information content (AvgIpc) is 3.07. The maximum Gasteiger partial charge on any atom is 0.414 e. The minimum atomic E-state index is -0.632. The number of hydrogen-bond acceptors (Lipinski definition) is 4. The topological polar surface area (TPSA) is 75.3 Å². The van der Waals surface area contributed by atoms with Crippen molar-refractivity contribution in [3.8, 4) is 28.5 Å². The molecular formula is C22H20N2O3. The van der Waals surface area contributed by atoms with Gasteiger partial charge in [0.2, 0.25) is 5.88 Å². The van der Waals surface area contributed by atoms with Crippen LogP contribution < -0.4 is 5.32 Å². The summed E-state index contributed by atoms with van der Waals surface area (Å²) in [5.41, 5.74) is 2.57. The molecule has 0 unspecified atom stereocenters. The van der Waals surface area contributed by atoms with Crippen molar-refractivity contribution in [2.45, 2.75) is 19.8 Å². The van der Waals surface area contributed by atoms with Crippen molar-refractivity contribution in [2.75, 3.05) is 11.9 Å². The Hall–Kier alpha value is -3.52. The molecule has 0 saturated carbocycles. The molecular weight excluding hydrogens is 340 g/mol. The van der Waals surface area contributed by atoms with Crippen LogP contribution in [0.5, 0.6) is 0 Å². The van der Waals surface area contributed by atoms with Gasteiger partial charge in [-0.25, -0.2) is 4.79 Å². The fourth-order valence-electron chi connectivity index (χ4n) is 2.74. The summed E-state index contributed by atoms with van der Waals surface area (Å²) in [5.74, 6) is 0.624. The lowest BCUT2D eigenvalue weighted by Crippen LogP contribution is -2.14. The fraction of sp³-hybridized carbons (Fsp3) is 0.182. The molecule has 0 spiro atoms. The van der Waals surface area contributed by atoms with Crippen LogP contribution in [0.4, 0.5) is 10.7 Å². The molecule has 0 aliphatic rings. The number of unbranched alkanes of at least 4 members (excludes halogenated alkanes) is 1. The van der Waals surface area contributed by atoms with Crippen molar-refractivity contribution in [1.82, 2.24) is 0 Å². The molecule has 1 aromatic heterocycles. The van der Waals surface area contributed by atoms with Crippen LogP contribution in [0, 0.1) is 11.3 Å². The molecule has 0 radical (unpaired) electrons. The van der Waals surface area contributed by atoms with Gasteiger partial charge in [-0.05, 0) is 12.0 Å². The molecule has 0 aliphatic carbocycles. The first-order chi connectivity index (χ1) is 13.2. The zero-order chi connectivity index (χ0) is 19.1. The Labute approximate surface area is 158 Å². The summed E-state index contributed by atoms with van der Waals surface area (Å²) < 4.78 is 11.0. The van der Waals surface area contributed by atoms with Crippen LogP contribution in [-0.4, -0.2) is 12.7 Å². The smallest absolute Gasteiger partial charge is 0.414 e. The van der Waals surface area contributed by atoms with E-state index in [0.717, 1.165) is 24.0 Å². The second kappa shape index (κ2) is 8.72. The lowest BCUT2D eigenvalue weighted by molar-refractivity contribution is 0.159. The number of rotatable bonds is 6. The highest BCUT2D eigenvalue weighted by molar-refractivity contribution is 5.93. The van der Waals surface area contributed by atoms with Crippen molar-refractivity contribution in [1.29, 1.82) is 5.26 Å². The van der Waals surface area contributed by atoms with Crippen LogP contribution in [-0.2, 0) is 4.74 Å². The first-order valence-corrected chi connectivity index (χ1v) is 8.86. The van der Waals surface area contributed by atoms with Gasteiger partial charge in [0.1, 0.15) is 17.4 Å². The number of ether oxygens (including phenoxy) is 1. The predicted molar refractivity (Wildman–Crippen MR) is 104 cm³/mol. The summed E-state index contributed by atoms with van der Waals surface area (Å²) in [6, 6.07) is 21.2.